The smallest absolute Gasteiger partial charge is 0.410 e. The van der Waals surface area contributed by atoms with Crippen LogP contribution in [0.25, 0.3) is 10.2 Å². The van der Waals surface area contributed by atoms with Crippen LogP contribution in [0.2, 0.25) is 0 Å². The number of carbonyl (C=O) groups is 1. The number of carbonyl (C=O) groups excluding carboxylic acids is 1. The largest absolute Gasteiger partial charge is 0.446 e. The summed E-state index contributed by atoms with van der Waals surface area (Å²) in [5.74, 6) is -1.76. The van der Waals surface area contributed by atoms with Crippen LogP contribution in [-0.4, -0.2) is 65.2 Å². The Morgan fingerprint density at radius 1 is 1.06 bits per heavy atom. The molecule has 1 aromatic heterocycles. The van der Waals surface area contributed by atoms with Crippen molar-refractivity contribution in [3.8, 4) is 0 Å². The lowest BCUT2D eigenvalue weighted by Gasteiger charge is -2.44. The third-order valence-corrected chi connectivity index (χ3v) is 7.95. The Labute approximate surface area is 208 Å². The average Bonchev–Trinajstić information content (AvgIpc) is 3.23. The van der Waals surface area contributed by atoms with Gasteiger partial charge in [0, 0.05) is 38.8 Å². The number of piperazine rings is 1. The summed E-state index contributed by atoms with van der Waals surface area (Å²) in [5.41, 5.74) is 1.75. The van der Waals surface area contributed by atoms with Crippen LogP contribution in [0.15, 0.2) is 42.5 Å². The number of aromatic nitrogens is 1. The van der Waals surface area contributed by atoms with Crippen molar-refractivity contribution in [2.24, 2.45) is 0 Å². The van der Waals surface area contributed by atoms with E-state index in [1.165, 1.54) is 23.0 Å². The van der Waals surface area contributed by atoms with Crippen molar-refractivity contribution in [3.63, 3.8) is 0 Å². The molecule has 0 aliphatic carbocycles. The molecule has 2 aliphatic heterocycles. The Kier molecular flexibility index (Phi) is 6.88. The van der Waals surface area contributed by atoms with Gasteiger partial charge in [0.05, 0.1) is 22.3 Å². The van der Waals surface area contributed by atoms with Crippen LogP contribution in [0.1, 0.15) is 32.3 Å². The molecule has 0 unspecified atom stereocenters. The Bertz CT molecular complexity index is 1130. The Morgan fingerprint density at radius 3 is 2.40 bits per heavy atom. The van der Waals surface area contributed by atoms with E-state index >= 15 is 0 Å². The van der Waals surface area contributed by atoms with E-state index in [-0.39, 0.29) is 24.3 Å². The van der Waals surface area contributed by atoms with Gasteiger partial charge < -0.3 is 9.64 Å². The summed E-state index contributed by atoms with van der Waals surface area (Å²) >= 11 is 1.34. The van der Waals surface area contributed by atoms with Crippen LogP contribution < -0.4 is 4.90 Å². The summed E-state index contributed by atoms with van der Waals surface area (Å²) in [7, 11) is 0. The van der Waals surface area contributed by atoms with Crippen molar-refractivity contribution < 1.29 is 18.3 Å². The van der Waals surface area contributed by atoms with Crippen molar-refractivity contribution in [1.82, 2.24) is 14.8 Å². The minimum atomic E-state index is -0.894. The van der Waals surface area contributed by atoms with Crippen LogP contribution in [-0.2, 0) is 11.3 Å². The molecule has 0 bridgehead atoms. The number of anilines is 1. The van der Waals surface area contributed by atoms with Gasteiger partial charge in [0.25, 0.3) is 0 Å². The lowest BCUT2D eigenvalue weighted by atomic mass is 10.1. The van der Waals surface area contributed by atoms with E-state index in [0.717, 1.165) is 38.5 Å². The number of ether oxygens (including phenoxy) is 1. The molecule has 0 saturated carbocycles. The van der Waals surface area contributed by atoms with E-state index in [1.807, 2.05) is 24.8 Å². The van der Waals surface area contributed by atoms with Crippen molar-refractivity contribution >= 4 is 32.8 Å². The number of rotatable bonds is 4. The van der Waals surface area contributed by atoms with E-state index in [2.05, 4.69) is 39.0 Å². The van der Waals surface area contributed by atoms with Gasteiger partial charge in [-0.3, -0.25) is 9.80 Å². The number of hydrogen-bond acceptors (Lipinski definition) is 6. The van der Waals surface area contributed by atoms with Gasteiger partial charge in [0.1, 0.15) is 6.10 Å². The molecule has 6 nitrogen and oxygen atoms in total. The number of halogens is 2. The maximum atomic E-state index is 13.6. The molecule has 3 heterocycles. The summed E-state index contributed by atoms with van der Waals surface area (Å²) < 4.78 is 33.7. The summed E-state index contributed by atoms with van der Waals surface area (Å²) in [6.45, 7) is 7.90. The number of thiazole rings is 1. The highest BCUT2D eigenvalue weighted by Gasteiger charge is 2.36. The predicted octanol–water partition coefficient (Wildman–Crippen LogP) is 5.27. The fourth-order valence-electron chi connectivity index (χ4n) is 5.12. The highest BCUT2D eigenvalue weighted by molar-refractivity contribution is 7.22. The van der Waals surface area contributed by atoms with Gasteiger partial charge in [0.2, 0.25) is 0 Å². The SMILES string of the molecule is C[C@@H]1CN(c2nc3cc(F)c(F)cc3s2)C[C@@H](C)N1C(=O)OC1CCN(Cc2ccccc2)CC1. The molecule has 2 aliphatic rings. The number of piperidine rings is 1. The molecule has 1 amide bonds. The Hall–Kier alpha value is -2.78. The highest BCUT2D eigenvalue weighted by atomic mass is 32.1. The zero-order valence-electron chi connectivity index (χ0n) is 20.0. The van der Waals surface area contributed by atoms with Crippen molar-refractivity contribution in [1.29, 1.82) is 0 Å². The second-order valence-electron chi connectivity index (χ2n) is 9.59. The summed E-state index contributed by atoms with van der Waals surface area (Å²) in [6.07, 6.45) is 1.33. The average molecular weight is 501 g/mol. The lowest BCUT2D eigenvalue weighted by Crippen LogP contribution is -2.59. The number of likely N-dealkylation sites (tertiary alicyclic amines) is 1. The number of amides is 1. The maximum absolute atomic E-state index is 13.6. The molecule has 5 rings (SSSR count). The zero-order valence-corrected chi connectivity index (χ0v) is 20.8. The van der Waals surface area contributed by atoms with Gasteiger partial charge >= 0.3 is 6.09 Å². The van der Waals surface area contributed by atoms with E-state index in [4.69, 9.17) is 4.74 Å². The standard InChI is InChI=1S/C26H30F2N4O2S/c1-17-14-31(25-29-23-12-21(27)22(28)13-24(23)35-25)15-18(2)32(17)26(33)34-20-8-10-30(11-9-20)16-19-6-4-3-5-7-19/h3-7,12-13,17-18,20H,8-11,14-16H2,1-2H3/t17-,18-/m1/s1. The van der Waals surface area contributed by atoms with E-state index < -0.39 is 11.6 Å². The molecule has 0 radical (unpaired) electrons. The molecule has 3 aromatic rings. The Balaban J connectivity index is 1.16. The van der Waals surface area contributed by atoms with E-state index in [0.29, 0.717) is 28.4 Å². The number of benzene rings is 2. The minimum absolute atomic E-state index is 0.0685. The molecule has 2 aromatic carbocycles. The topological polar surface area (TPSA) is 48.9 Å². The van der Waals surface area contributed by atoms with E-state index in [1.54, 1.807) is 0 Å². The predicted molar refractivity (Wildman–Crippen MR) is 134 cm³/mol. The monoisotopic (exact) mass is 500 g/mol. The summed E-state index contributed by atoms with van der Waals surface area (Å²) in [6, 6.07) is 12.6. The highest BCUT2D eigenvalue weighted by Crippen LogP contribution is 2.33. The quantitative estimate of drug-likeness (QED) is 0.488. The van der Waals surface area contributed by atoms with Gasteiger partial charge in [0.15, 0.2) is 16.8 Å². The van der Waals surface area contributed by atoms with Crippen molar-refractivity contribution in [3.05, 3.63) is 59.7 Å². The fourth-order valence-corrected chi connectivity index (χ4v) is 6.11. The number of nitrogens with zero attached hydrogens (tertiary/aromatic N) is 4. The molecular weight excluding hydrogens is 470 g/mol. The van der Waals surface area contributed by atoms with Crippen LogP contribution >= 0.6 is 11.3 Å². The first-order valence-corrected chi connectivity index (χ1v) is 12.9. The van der Waals surface area contributed by atoms with Crippen LogP contribution in [0, 0.1) is 11.6 Å². The van der Waals surface area contributed by atoms with Crippen molar-refractivity contribution in [2.75, 3.05) is 31.1 Å². The number of hydrogen-bond donors (Lipinski definition) is 0. The fraction of sp³-hybridized carbons (Fsp3) is 0.462. The van der Waals surface area contributed by atoms with Gasteiger partial charge in [-0.1, -0.05) is 41.7 Å². The summed E-state index contributed by atoms with van der Waals surface area (Å²) in [5, 5.41) is 0.711. The molecule has 2 atom stereocenters. The first-order valence-electron chi connectivity index (χ1n) is 12.1. The second kappa shape index (κ2) is 10.1. The molecular formula is C26H30F2N4O2S. The minimum Gasteiger partial charge on any atom is -0.446 e. The third-order valence-electron chi connectivity index (χ3n) is 6.87. The van der Waals surface area contributed by atoms with Gasteiger partial charge in [-0.05, 0) is 38.3 Å². The normalized spacial score (nSPS) is 22.1. The van der Waals surface area contributed by atoms with E-state index in [9.17, 15) is 13.6 Å². The molecule has 2 saturated heterocycles. The van der Waals surface area contributed by atoms with Crippen LogP contribution in [0.5, 0.6) is 0 Å². The molecule has 9 heteroatoms. The first kappa shape index (κ1) is 23.9. The van der Waals surface area contributed by atoms with Gasteiger partial charge in [-0.25, -0.2) is 18.6 Å². The van der Waals surface area contributed by atoms with Gasteiger partial charge in [-0.2, -0.15) is 0 Å². The maximum Gasteiger partial charge on any atom is 0.410 e. The molecule has 0 spiro atoms. The molecule has 35 heavy (non-hydrogen) atoms. The zero-order chi connectivity index (χ0) is 24.5. The molecule has 2 fully saturated rings. The summed E-state index contributed by atoms with van der Waals surface area (Å²) in [4.78, 5) is 23.9. The van der Waals surface area contributed by atoms with Crippen LogP contribution in [0.4, 0.5) is 18.7 Å². The van der Waals surface area contributed by atoms with Crippen molar-refractivity contribution in [2.45, 2.75) is 51.4 Å². The molecule has 0 N–H and O–H groups in total. The molecule has 186 valence electrons. The van der Waals surface area contributed by atoms with Gasteiger partial charge in [-0.15, -0.1) is 0 Å². The Morgan fingerprint density at radius 2 is 1.71 bits per heavy atom. The second-order valence-corrected chi connectivity index (χ2v) is 10.6. The third kappa shape index (κ3) is 5.26. The lowest BCUT2D eigenvalue weighted by molar-refractivity contribution is 0.0101. The number of fused-ring (bicyclic) bond motifs is 1. The first-order chi connectivity index (χ1) is 16.9. The van der Waals surface area contributed by atoms with Crippen LogP contribution in [0.3, 0.4) is 0 Å².